The zero-order chi connectivity index (χ0) is 18.5. The van der Waals surface area contributed by atoms with Crippen molar-refractivity contribution in [3.63, 3.8) is 0 Å². The molecule has 2 aromatic carbocycles. The molecule has 0 bridgehead atoms. The first kappa shape index (κ1) is 17.9. The summed E-state index contributed by atoms with van der Waals surface area (Å²) in [5.74, 6) is -0.701. The van der Waals surface area contributed by atoms with Gasteiger partial charge in [-0.3, -0.25) is 14.4 Å². The number of carbonyl (C=O) groups excluding carboxylic acids is 3. The van der Waals surface area contributed by atoms with Crippen molar-refractivity contribution < 1.29 is 14.4 Å². The molecule has 1 saturated heterocycles. The van der Waals surface area contributed by atoms with Crippen LogP contribution < -0.4 is 4.90 Å². The molecule has 2 aromatic rings. The lowest BCUT2D eigenvalue weighted by Crippen LogP contribution is -2.45. The van der Waals surface area contributed by atoms with Gasteiger partial charge in [0.15, 0.2) is 0 Å². The van der Waals surface area contributed by atoms with Crippen LogP contribution >= 0.6 is 0 Å². The van der Waals surface area contributed by atoms with Gasteiger partial charge in [-0.2, -0.15) is 0 Å². The normalized spacial score (nSPS) is 16.8. The van der Waals surface area contributed by atoms with Gasteiger partial charge in [0.05, 0.1) is 12.1 Å². The van der Waals surface area contributed by atoms with Crippen LogP contribution in [0.25, 0.3) is 0 Å². The average Bonchev–Trinajstić information content (AvgIpc) is 2.95. The molecule has 0 spiro atoms. The molecule has 1 unspecified atom stereocenters. The largest absolute Gasteiger partial charge is 0.326 e. The molecule has 1 heterocycles. The van der Waals surface area contributed by atoms with Crippen molar-refractivity contribution in [1.29, 1.82) is 0 Å². The van der Waals surface area contributed by atoms with Gasteiger partial charge < -0.3 is 4.90 Å². The lowest BCUT2D eigenvalue weighted by Gasteiger charge is -2.28. The first-order valence-corrected chi connectivity index (χ1v) is 8.87. The van der Waals surface area contributed by atoms with Crippen LogP contribution in [-0.4, -0.2) is 28.7 Å². The summed E-state index contributed by atoms with van der Waals surface area (Å²) < 4.78 is 0. The van der Waals surface area contributed by atoms with Gasteiger partial charge in [-0.15, -0.1) is 0 Å². The number of benzene rings is 2. The van der Waals surface area contributed by atoms with Gasteiger partial charge >= 0.3 is 0 Å². The summed E-state index contributed by atoms with van der Waals surface area (Å²) in [4.78, 5) is 40.9. The first-order valence-electron chi connectivity index (χ1n) is 8.87. The molecule has 1 aliphatic heterocycles. The van der Waals surface area contributed by atoms with E-state index in [1.165, 1.54) is 4.90 Å². The van der Waals surface area contributed by atoms with E-state index >= 15 is 0 Å². The quantitative estimate of drug-likeness (QED) is 0.752. The molecule has 0 N–H and O–H groups in total. The standard InChI is InChI=1S/C21H22N2O3/c1-2-9-19(24)22(15-16-10-5-3-6-11-16)18-14-20(25)23(21(18)26)17-12-7-4-8-13-17/h3-8,10-13,18H,2,9,14-15H2,1H3. The lowest BCUT2D eigenvalue weighted by molar-refractivity contribution is -0.139. The maximum atomic E-state index is 13.0. The Hall–Kier alpha value is -2.95. The van der Waals surface area contributed by atoms with Gasteiger partial charge in [0.25, 0.3) is 5.91 Å². The van der Waals surface area contributed by atoms with Gasteiger partial charge in [-0.1, -0.05) is 55.5 Å². The van der Waals surface area contributed by atoms with Crippen molar-refractivity contribution in [3.05, 3.63) is 66.2 Å². The summed E-state index contributed by atoms with van der Waals surface area (Å²) in [6.07, 6.45) is 1.08. The van der Waals surface area contributed by atoms with Crippen molar-refractivity contribution in [2.45, 2.75) is 38.8 Å². The van der Waals surface area contributed by atoms with E-state index in [-0.39, 0.29) is 24.1 Å². The van der Waals surface area contributed by atoms with E-state index in [1.807, 2.05) is 43.3 Å². The van der Waals surface area contributed by atoms with Gasteiger partial charge in [-0.25, -0.2) is 4.90 Å². The monoisotopic (exact) mass is 350 g/mol. The van der Waals surface area contributed by atoms with Crippen molar-refractivity contribution in [3.8, 4) is 0 Å². The molecular formula is C21H22N2O3. The van der Waals surface area contributed by atoms with Crippen molar-refractivity contribution in [1.82, 2.24) is 4.90 Å². The van der Waals surface area contributed by atoms with E-state index in [0.29, 0.717) is 25.1 Å². The van der Waals surface area contributed by atoms with E-state index in [4.69, 9.17) is 0 Å². The Labute approximate surface area is 153 Å². The van der Waals surface area contributed by atoms with Gasteiger partial charge in [0.1, 0.15) is 6.04 Å². The summed E-state index contributed by atoms with van der Waals surface area (Å²) in [6, 6.07) is 17.7. The Morgan fingerprint density at radius 1 is 1.04 bits per heavy atom. The highest BCUT2D eigenvalue weighted by molar-refractivity contribution is 6.23. The third-order valence-corrected chi connectivity index (χ3v) is 4.49. The Kier molecular flexibility index (Phi) is 5.46. The molecule has 3 rings (SSSR count). The summed E-state index contributed by atoms with van der Waals surface area (Å²) in [7, 11) is 0. The number of amides is 3. The molecule has 5 nitrogen and oxygen atoms in total. The SMILES string of the molecule is CCCC(=O)N(Cc1ccccc1)C1CC(=O)N(c2ccccc2)C1=O. The molecule has 3 amide bonds. The summed E-state index contributed by atoms with van der Waals surface area (Å²) in [6.45, 7) is 2.25. The van der Waals surface area contributed by atoms with Crippen molar-refractivity contribution in [2.24, 2.45) is 0 Å². The second-order valence-corrected chi connectivity index (χ2v) is 6.38. The molecule has 1 aliphatic rings. The predicted molar refractivity (Wildman–Crippen MR) is 99.2 cm³/mol. The van der Waals surface area contributed by atoms with Gasteiger partial charge in [-0.05, 0) is 24.1 Å². The van der Waals surface area contributed by atoms with Crippen LogP contribution in [0.3, 0.4) is 0 Å². The Bertz CT molecular complexity index is 789. The fraction of sp³-hybridized carbons (Fsp3) is 0.286. The highest BCUT2D eigenvalue weighted by atomic mass is 16.2. The first-order chi connectivity index (χ1) is 12.6. The van der Waals surface area contributed by atoms with E-state index in [9.17, 15) is 14.4 Å². The zero-order valence-electron chi connectivity index (χ0n) is 14.8. The molecular weight excluding hydrogens is 328 g/mol. The zero-order valence-corrected chi connectivity index (χ0v) is 14.8. The molecule has 0 radical (unpaired) electrons. The lowest BCUT2D eigenvalue weighted by atomic mass is 10.1. The second kappa shape index (κ2) is 7.95. The Balaban J connectivity index is 1.88. The van der Waals surface area contributed by atoms with Crippen LogP contribution in [0.5, 0.6) is 0 Å². The topological polar surface area (TPSA) is 57.7 Å². The number of carbonyl (C=O) groups is 3. The number of rotatable bonds is 6. The molecule has 1 fully saturated rings. The van der Waals surface area contributed by atoms with Crippen LogP contribution in [0.2, 0.25) is 0 Å². The number of hydrogen-bond donors (Lipinski definition) is 0. The Morgan fingerprint density at radius 2 is 1.65 bits per heavy atom. The minimum absolute atomic E-state index is 0.0238. The number of anilines is 1. The summed E-state index contributed by atoms with van der Waals surface area (Å²) in [5.41, 5.74) is 1.49. The maximum Gasteiger partial charge on any atom is 0.257 e. The average molecular weight is 350 g/mol. The Morgan fingerprint density at radius 3 is 2.27 bits per heavy atom. The smallest absolute Gasteiger partial charge is 0.257 e. The molecule has 0 saturated carbocycles. The van der Waals surface area contributed by atoms with Gasteiger partial charge in [0, 0.05) is 13.0 Å². The van der Waals surface area contributed by atoms with Crippen LogP contribution in [0.4, 0.5) is 5.69 Å². The third-order valence-electron chi connectivity index (χ3n) is 4.49. The minimum Gasteiger partial charge on any atom is -0.326 e. The van der Waals surface area contributed by atoms with E-state index in [0.717, 1.165) is 5.56 Å². The van der Waals surface area contributed by atoms with E-state index < -0.39 is 6.04 Å². The van der Waals surface area contributed by atoms with E-state index in [2.05, 4.69) is 0 Å². The number of para-hydroxylation sites is 1. The highest BCUT2D eigenvalue weighted by Gasteiger charge is 2.44. The van der Waals surface area contributed by atoms with Gasteiger partial charge in [0.2, 0.25) is 11.8 Å². The number of hydrogen-bond acceptors (Lipinski definition) is 3. The third kappa shape index (κ3) is 3.67. The maximum absolute atomic E-state index is 13.0. The van der Waals surface area contributed by atoms with Crippen LogP contribution in [0.15, 0.2) is 60.7 Å². The number of nitrogens with zero attached hydrogens (tertiary/aromatic N) is 2. The predicted octanol–water partition coefficient (Wildman–Crippen LogP) is 3.15. The fourth-order valence-electron chi connectivity index (χ4n) is 3.22. The van der Waals surface area contributed by atoms with Crippen LogP contribution in [-0.2, 0) is 20.9 Å². The molecule has 134 valence electrons. The fourth-order valence-corrected chi connectivity index (χ4v) is 3.22. The summed E-state index contributed by atoms with van der Waals surface area (Å²) >= 11 is 0. The molecule has 0 aromatic heterocycles. The highest BCUT2D eigenvalue weighted by Crippen LogP contribution is 2.27. The summed E-state index contributed by atoms with van der Waals surface area (Å²) in [5, 5.41) is 0. The molecule has 0 aliphatic carbocycles. The minimum atomic E-state index is -0.748. The van der Waals surface area contributed by atoms with Crippen molar-refractivity contribution in [2.75, 3.05) is 4.90 Å². The molecule has 26 heavy (non-hydrogen) atoms. The molecule has 1 atom stereocenters. The second-order valence-electron chi connectivity index (χ2n) is 6.38. The van der Waals surface area contributed by atoms with Crippen molar-refractivity contribution >= 4 is 23.4 Å². The van der Waals surface area contributed by atoms with Crippen LogP contribution in [0.1, 0.15) is 31.7 Å². The molecule has 5 heteroatoms. The van der Waals surface area contributed by atoms with E-state index in [1.54, 1.807) is 29.2 Å². The number of imide groups is 1. The van der Waals surface area contributed by atoms with Crippen LogP contribution in [0, 0.1) is 0 Å².